The lowest BCUT2D eigenvalue weighted by molar-refractivity contribution is -0.154. The zero-order chi connectivity index (χ0) is 15.5. The van der Waals surface area contributed by atoms with Gasteiger partial charge in [-0.3, -0.25) is 14.4 Å². The summed E-state index contributed by atoms with van der Waals surface area (Å²) in [6.07, 6.45) is 0.670. The van der Waals surface area contributed by atoms with Crippen molar-refractivity contribution >= 4 is 17.9 Å². The molecule has 5 atom stereocenters. The summed E-state index contributed by atoms with van der Waals surface area (Å²) in [5, 5.41) is 0. The maximum atomic E-state index is 12.0. The van der Waals surface area contributed by atoms with Crippen LogP contribution in [0.5, 0.6) is 0 Å². The van der Waals surface area contributed by atoms with Gasteiger partial charge in [-0.2, -0.15) is 0 Å². The second kappa shape index (κ2) is 4.55. The summed E-state index contributed by atoms with van der Waals surface area (Å²) in [5.41, 5.74) is 1.86. The standard InChI is InChI=1S/C16H18O5/c1-6(2)9-5-10-12-13(16(19)21-15(12)18)11(9)7(3)14(10)20-8(4)17/h9-13H,1,5H2,2-4H3. The van der Waals surface area contributed by atoms with Crippen LogP contribution in [-0.4, -0.2) is 17.9 Å². The van der Waals surface area contributed by atoms with Gasteiger partial charge >= 0.3 is 17.9 Å². The Hall–Kier alpha value is -1.91. The number of fused-ring (bicyclic) bond motifs is 1. The molecule has 1 heterocycles. The molecule has 2 fully saturated rings. The van der Waals surface area contributed by atoms with Gasteiger partial charge in [0.2, 0.25) is 0 Å². The SMILES string of the molecule is C=C(C)C1CC2C(OC(C)=O)=C(C)C1C1C(=O)OC(=O)C21. The lowest BCUT2D eigenvalue weighted by Gasteiger charge is -2.48. The highest BCUT2D eigenvalue weighted by molar-refractivity contribution is 5.98. The van der Waals surface area contributed by atoms with Crippen LogP contribution in [-0.2, 0) is 23.9 Å². The summed E-state index contributed by atoms with van der Waals surface area (Å²) < 4.78 is 10.2. The van der Waals surface area contributed by atoms with Gasteiger partial charge in [0.25, 0.3) is 0 Å². The maximum absolute atomic E-state index is 12.0. The summed E-state index contributed by atoms with van der Waals surface area (Å²) in [4.78, 5) is 35.4. The third kappa shape index (κ3) is 1.87. The second-order valence-electron chi connectivity index (χ2n) is 6.25. The quantitative estimate of drug-likeness (QED) is 0.442. The molecular weight excluding hydrogens is 272 g/mol. The van der Waals surface area contributed by atoms with Crippen LogP contribution >= 0.6 is 0 Å². The lowest BCUT2D eigenvalue weighted by Crippen LogP contribution is -2.48. The maximum Gasteiger partial charge on any atom is 0.318 e. The number of hydrogen-bond donors (Lipinski definition) is 0. The van der Waals surface area contributed by atoms with Crippen molar-refractivity contribution in [3.05, 3.63) is 23.5 Å². The zero-order valence-electron chi connectivity index (χ0n) is 12.3. The fraction of sp³-hybridized carbons (Fsp3) is 0.562. The Balaban J connectivity index is 2.11. The first kappa shape index (κ1) is 14.0. The van der Waals surface area contributed by atoms with E-state index in [1.165, 1.54) is 6.92 Å². The van der Waals surface area contributed by atoms with E-state index in [0.717, 1.165) is 11.1 Å². The van der Waals surface area contributed by atoms with Crippen molar-refractivity contribution < 1.29 is 23.9 Å². The predicted octanol–water partition coefficient (Wildman–Crippen LogP) is 1.98. The highest BCUT2D eigenvalue weighted by Gasteiger charge is 2.62. The van der Waals surface area contributed by atoms with Gasteiger partial charge in [0.05, 0.1) is 11.8 Å². The summed E-state index contributed by atoms with van der Waals surface area (Å²) in [5.74, 6) is -2.09. The van der Waals surface area contributed by atoms with Crippen molar-refractivity contribution in [1.82, 2.24) is 0 Å². The number of rotatable bonds is 2. The molecule has 0 aromatic heterocycles. The van der Waals surface area contributed by atoms with E-state index < -0.39 is 29.7 Å². The van der Waals surface area contributed by atoms with Gasteiger partial charge in [-0.1, -0.05) is 12.2 Å². The molecule has 5 heteroatoms. The molecule has 5 unspecified atom stereocenters. The number of carbonyl (C=O) groups excluding carboxylic acids is 3. The summed E-state index contributed by atoms with van der Waals surface area (Å²) in [6, 6.07) is 0. The summed E-state index contributed by atoms with van der Waals surface area (Å²) in [7, 11) is 0. The average Bonchev–Trinajstić information content (AvgIpc) is 2.69. The third-order valence-electron chi connectivity index (χ3n) is 5.01. The Morgan fingerprint density at radius 2 is 1.81 bits per heavy atom. The molecule has 1 saturated heterocycles. The van der Waals surface area contributed by atoms with Gasteiger partial charge in [0, 0.05) is 18.8 Å². The Kier molecular flexibility index (Phi) is 3.04. The molecule has 0 radical (unpaired) electrons. The number of cyclic esters (lactones) is 2. The minimum Gasteiger partial charge on any atom is -0.431 e. The highest BCUT2D eigenvalue weighted by Crippen LogP contribution is 2.58. The molecule has 0 N–H and O–H groups in total. The molecule has 1 saturated carbocycles. The van der Waals surface area contributed by atoms with Crippen LogP contribution in [0.2, 0.25) is 0 Å². The largest absolute Gasteiger partial charge is 0.431 e. The number of esters is 3. The molecule has 0 amide bonds. The van der Waals surface area contributed by atoms with Crippen LogP contribution in [0.4, 0.5) is 0 Å². The molecule has 112 valence electrons. The minimum absolute atomic E-state index is 0.119. The van der Waals surface area contributed by atoms with Crippen molar-refractivity contribution in [2.24, 2.45) is 29.6 Å². The normalized spacial score (nSPS) is 37.4. The van der Waals surface area contributed by atoms with Gasteiger partial charge in [0.1, 0.15) is 5.76 Å². The van der Waals surface area contributed by atoms with Crippen LogP contribution in [0, 0.1) is 29.6 Å². The van der Waals surface area contributed by atoms with E-state index in [1.54, 1.807) is 0 Å². The van der Waals surface area contributed by atoms with E-state index >= 15 is 0 Å². The molecule has 2 bridgehead atoms. The fourth-order valence-corrected chi connectivity index (χ4v) is 4.25. The van der Waals surface area contributed by atoms with E-state index in [9.17, 15) is 14.4 Å². The van der Waals surface area contributed by atoms with E-state index in [1.807, 2.05) is 13.8 Å². The molecule has 21 heavy (non-hydrogen) atoms. The fourth-order valence-electron chi connectivity index (χ4n) is 4.25. The van der Waals surface area contributed by atoms with Crippen LogP contribution in [0.15, 0.2) is 23.5 Å². The lowest BCUT2D eigenvalue weighted by atomic mass is 9.54. The van der Waals surface area contributed by atoms with E-state index in [2.05, 4.69) is 6.58 Å². The second-order valence-corrected chi connectivity index (χ2v) is 6.25. The Morgan fingerprint density at radius 3 is 2.38 bits per heavy atom. The van der Waals surface area contributed by atoms with Crippen molar-refractivity contribution in [3.8, 4) is 0 Å². The van der Waals surface area contributed by atoms with Gasteiger partial charge in [0.15, 0.2) is 0 Å². The third-order valence-corrected chi connectivity index (χ3v) is 5.01. The first-order valence-electron chi connectivity index (χ1n) is 7.13. The van der Waals surface area contributed by atoms with Crippen molar-refractivity contribution in [3.63, 3.8) is 0 Å². The number of ether oxygens (including phenoxy) is 2. The smallest absolute Gasteiger partial charge is 0.318 e. The van der Waals surface area contributed by atoms with Crippen LogP contribution in [0.25, 0.3) is 0 Å². The zero-order valence-corrected chi connectivity index (χ0v) is 12.3. The summed E-state index contributed by atoms with van der Waals surface area (Å²) in [6.45, 7) is 9.15. The Morgan fingerprint density at radius 1 is 1.19 bits per heavy atom. The van der Waals surface area contributed by atoms with Gasteiger partial charge in [-0.05, 0) is 31.8 Å². The molecule has 0 spiro atoms. The van der Waals surface area contributed by atoms with Gasteiger partial charge in [-0.25, -0.2) is 0 Å². The molecule has 4 rings (SSSR count). The van der Waals surface area contributed by atoms with Crippen LogP contribution in [0.1, 0.15) is 27.2 Å². The Bertz CT molecular complexity index is 600. The average molecular weight is 290 g/mol. The minimum atomic E-state index is -0.517. The topological polar surface area (TPSA) is 69.7 Å². The van der Waals surface area contributed by atoms with E-state index in [0.29, 0.717) is 12.2 Å². The summed E-state index contributed by atoms with van der Waals surface area (Å²) >= 11 is 0. The molecule has 4 aliphatic rings. The monoisotopic (exact) mass is 290 g/mol. The number of hydrogen-bond acceptors (Lipinski definition) is 5. The first-order valence-corrected chi connectivity index (χ1v) is 7.13. The Labute approximate surface area is 123 Å². The highest BCUT2D eigenvalue weighted by atomic mass is 16.6. The number of carbonyl (C=O) groups is 3. The first-order chi connectivity index (χ1) is 9.82. The van der Waals surface area contributed by atoms with Crippen LogP contribution < -0.4 is 0 Å². The van der Waals surface area contributed by atoms with E-state index in [4.69, 9.17) is 9.47 Å². The van der Waals surface area contributed by atoms with Crippen molar-refractivity contribution in [2.75, 3.05) is 0 Å². The molecule has 0 aromatic carbocycles. The predicted molar refractivity (Wildman–Crippen MR) is 72.4 cm³/mol. The van der Waals surface area contributed by atoms with Gasteiger partial charge in [-0.15, -0.1) is 0 Å². The molecule has 3 aliphatic carbocycles. The van der Waals surface area contributed by atoms with Crippen molar-refractivity contribution in [2.45, 2.75) is 27.2 Å². The van der Waals surface area contributed by atoms with Crippen molar-refractivity contribution in [1.29, 1.82) is 0 Å². The molecule has 5 nitrogen and oxygen atoms in total. The van der Waals surface area contributed by atoms with Crippen LogP contribution in [0.3, 0.4) is 0 Å². The molecular formula is C16H18O5. The van der Waals surface area contributed by atoms with Gasteiger partial charge < -0.3 is 9.47 Å². The number of allylic oxidation sites excluding steroid dienone is 3. The molecule has 1 aliphatic heterocycles. The van der Waals surface area contributed by atoms with E-state index in [-0.39, 0.29) is 17.8 Å². The molecule has 0 aromatic rings.